The maximum absolute atomic E-state index is 3.68. The fourth-order valence-electron chi connectivity index (χ4n) is 3.32. The first-order valence-electron chi connectivity index (χ1n) is 6.95. The first kappa shape index (κ1) is 10.2. The summed E-state index contributed by atoms with van der Waals surface area (Å²) in [6.07, 6.45) is 17.5. The molecule has 0 saturated carbocycles. The van der Waals surface area contributed by atoms with E-state index >= 15 is 0 Å². The molecule has 1 atom stereocenters. The molecule has 1 saturated heterocycles. The van der Waals surface area contributed by atoms with Crippen LogP contribution in [0.15, 0.2) is 29.6 Å². The Labute approximate surface area is 107 Å². The average Bonchev–Trinajstić information content (AvgIpc) is 3.02. The van der Waals surface area contributed by atoms with Crippen molar-refractivity contribution in [2.75, 3.05) is 0 Å². The molecule has 4 rings (SSSR count). The monoisotopic (exact) mass is 238 g/mol. The highest BCUT2D eigenvalue weighted by atomic mass is 15.0. The van der Waals surface area contributed by atoms with Crippen molar-refractivity contribution in [3.05, 3.63) is 45.8 Å². The van der Waals surface area contributed by atoms with Gasteiger partial charge < -0.3 is 10.3 Å². The van der Waals surface area contributed by atoms with E-state index in [1.54, 1.807) is 0 Å². The maximum atomic E-state index is 3.68. The van der Waals surface area contributed by atoms with E-state index in [1.807, 2.05) is 0 Å². The van der Waals surface area contributed by atoms with Crippen molar-refractivity contribution in [1.29, 1.82) is 0 Å². The molecule has 2 nitrogen and oxygen atoms in total. The third kappa shape index (κ3) is 1.48. The predicted octanol–water partition coefficient (Wildman–Crippen LogP) is 2.01. The van der Waals surface area contributed by atoms with Crippen molar-refractivity contribution < 1.29 is 0 Å². The molecule has 0 amide bonds. The van der Waals surface area contributed by atoms with Crippen molar-refractivity contribution in [3.8, 4) is 0 Å². The highest BCUT2D eigenvalue weighted by Gasteiger charge is 2.26. The Kier molecular flexibility index (Phi) is 2.22. The first-order valence-corrected chi connectivity index (χ1v) is 6.95. The normalized spacial score (nSPS) is 25.0. The van der Waals surface area contributed by atoms with Crippen LogP contribution in [0.4, 0.5) is 0 Å². The van der Waals surface area contributed by atoms with Crippen LogP contribution in [0.2, 0.25) is 0 Å². The first-order chi connectivity index (χ1) is 8.92. The quantitative estimate of drug-likeness (QED) is 0.769. The van der Waals surface area contributed by atoms with E-state index in [9.17, 15) is 0 Å². The Bertz CT molecular complexity index is 636. The van der Waals surface area contributed by atoms with E-state index in [0.717, 1.165) is 6.42 Å². The van der Waals surface area contributed by atoms with Gasteiger partial charge in [0.2, 0.25) is 0 Å². The fraction of sp³-hybridized carbons (Fsp3) is 0.375. The molecule has 18 heavy (non-hydrogen) atoms. The Morgan fingerprint density at radius 2 is 1.78 bits per heavy atom. The van der Waals surface area contributed by atoms with Gasteiger partial charge in [0.05, 0.1) is 6.04 Å². The molecular weight excluding hydrogens is 220 g/mol. The molecule has 0 spiro atoms. The van der Waals surface area contributed by atoms with Crippen LogP contribution in [0.25, 0.3) is 12.2 Å². The minimum Gasteiger partial charge on any atom is -0.378 e. The number of H-pyrrole nitrogens is 1. The van der Waals surface area contributed by atoms with Crippen LogP contribution in [0.5, 0.6) is 0 Å². The van der Waals surface area contributed by atoms with Gasteiger partial charge in [-0.25, -0.2) is 0 Å². The van der Waals surface area contributed by atoms with Gasteiger partial charge >= 0.3 is 0 Å². The molecule has 1 aromatic heterocycles. The van der Waals surface area contributed by atoms with Crippen molar-refractivity contribution in [2.24, 2.45) is 0 Å². The number of hydrogen-bond donors (Lipinski definition) is 2. The second-order valence-corrected chi connectivity index (χ2v) is 5.38. The van der Waals surface area contributed by atoms with Crippen LogP contribution < -0.4 is 15.9 Å². The van der Waals surface area contributed by atoms with E-state index in [2.05, 4.69) is 40.8 Å². The molecular formula is C16H18N2. The van der Waals surface area contributed by atoms with E-state index in [1.165, 1.54) is 53.1 Å². The number of aromatic nitrogens is 1. The van der Waals surface area contributed by atoms with E-state index < -0.39 is 0 Å². The zero-order chi connectivity index (χ0) is 11.9. The van der Waals surface area contributed by atoms with Gasteiger partial charge in [0.25, 0.3) is 0 Å². The molecule has 1 aromatic rings. The Balaban J connectivity index is 1.76. The highest BCUT2D eigenvalue weighted by molar-refractivity contribution is 5.44. The minimum atomic E-state index is 0.461. The lowest BCUT2D eigenvalue weighted by molar-refractivity contribution is 0.672. The van der Waals surface area contributed by atoms with Crippen molar-refractivity contribution in [1.82, 2.24) is 10.3 Å². The number of hydrogen-bond acceptors (Lipinski definition) is 1. The molecule has 0 radical (unpaired) electrons. The fourth-order valence-corrected chi connectivity index (χ4v) is 3.32. The van der Waals surface area contributed by atoms with E-state index in [4.69, 9.17) is 0 Å². The number of aromatic amines is 1. The summed E-state index contributed by atoms with van der Waals surface area (Å²) in [4.78, 5) is 3.42. The summed E-state index contributed by atoms with van der Waals surface area (Å²) < 4.78 is 0. The van der Waals surface area contributed by atoms with Crippen molar-refractivity contribution in [2.45, 2.75) is 38.1 Å². The number of nitrogens with one attached hydrogen (secondary N) is 2. The molecule has 2 heteroatoms. The zero-order valence-electron chi connectivity index (χ0n) is 10.5. The molecule has 1 unspecified atom stereocenters. The van der Waals surface area contributed by atoms with Gasteiger partial charge in [0, 0.05) is 22.5 Å². The number of allylic oxidation sites excluding steroid dienone is 3. The summed E-state index contributed by atoms with van der Waals surface area (Å²) in [5.41, 5.74) is 4.33. The summed E-state index contributed by atoms with van der Waals surface area (Å²) >= 11 is 0. The van der Waals surface area contributed by atoms with Gasteiger partial charge in [-0.05, 0) is 43.2 Å². The van der Waals surface area contributed by atoms with Gasteiger partial charge in [0.15, 0.2) is 0 Å². The minimum absolute atomic E-state index is 0.461. The summed E-state index contributed by atoms with van der Waals surface area (Å²) in [6, 6.07) is 0.461. The summed E-state index contributed by atoms with van der Waals surface area (Å²) in [6.45, 7) is 0. The van der Waals surface area contributed by atoms with Crippen LogP contribution >= 0.6 is 0 Å². The SMILES string of the molecule is C1=C2CC(c3c[nH]c4c3=CCCC=4)NC2=CCC1. The van der Waals surface area contributed by atoms with Gasteiger partial charge in [-0.1, -0.05) is 24.3 Å². The Morgan fingerprint density at radius 1 is 0.944 bits per heavy atom. The maximum Gasteiger partial charge on any atom is 0.0575 e. The summed E-state index contributed by atoms with van der Waals surface area (Å²) in [5.74, 6) is 0. The second-order valence-electron chi connectivity index (χ2n) is 5.38. The molecule has 0 bridgehead atoms. The largest absolute Gasteiger partial charge is 0.378 e. The molecule has 2 aliphatic carbocycles. The molecule has 2 N–H and O–H groups in total. The number of rotatable bonds is 1. The Hall–Kier alpha value is -1.70. The molecule has 3 aliphatic rings. The lowest BCUT2D eigenvalue weighted by Gasteiger charge is -2.10. The van der Waals surface area contributed by atoms with Gasteiger partial charge in [-0.2, -0.15) is 0 Å². The van der Waals surface area contributed by atoms with Crippen LogP contribution in [0, 0.1) is 0 Å². The molecule has 1 aliphatic heterocycles. The predicted molar refractivity (Wildman–Crippen MR) is 74.1 cm³/mol. The van der Waals surface area contributed by atoms with Crippen molar-refractivity contribution >= 4 is 12.2 Å². The van der Waals surface area contributed by atoms with Crippen LogP contribution in [0.1, 0.15) is 43.7 Å². The van der Waals surface area contributed by atoms with Crippen LogP contribution in [0.3, 0.4) is 0 Å². The standard InChI is InChI=1S/C16H18N2/c1-3-7-14-11(5-1)9-16(18-14)13-10-17-15-8-4-2-6-12(13)15/h5-8,10,16-18H,1-4,9H2. The third-order valence-electron chi connectivity index (χ3n) is 4.23. The van der Waals surface area contributed by atoms with Gasteiger partial charge in [0.1, 0.15) is 0 Å². The highest BCUT2D eigenvalue weighted by Crippen LogP contribution is 2.34. The van der Waals surface area contributed by atoms with E-state index in [0.29, 0.717) is 6.04 Å². The van der Waals surface area contributed by atoms with Crippen molar-refractivity contribution in [3.63, 3.8) is 0 Å². The Morgan fingerprint density at radius 3 is 2.72 bits per heavy atom. The summed E-state index contributed by atoms with van der Waals surface area (Å²) in [5, 5.41) is 6.43. The molecule has 2 heterocycles. The lowest BCUT2D eigenvalue weighted by Crippen LogP contribution is -2.29. The topological polar surface area (TPSA) is 27.8 Å². The van der Waals surface area contributed by atoms with Gasteiger partial charge in [-0.3, -0.25) is 0 Å². The average molecular weight is 238 g/mol. The summed E-state index contributed by atoms with van der Waals surface area (Å²) in [7, 11) is 0. The van der Waals surface area contributed by atoms with Crippen LogP contribution in [-0.4, -0.2) is 4.98 Å². The molecule has 0 aromatic carbocycles. The smallest absolute Gasteiger partial charge is 0.0575 e. The lowest BCUT2D eigenvalue weighted by atomic mass is 9.99. The zero-order valence-corrected chi connectivity index (χ0v) is 10.5. The van der Waals surface area contributed by atoms with Crippen LogP contribution in [-0.2, 0) is 0 Å². The van der Waals surface area contributed by atoms with E-state index in [-0.39, 0.29) is 0 Å². The third-order valence-corrected chi connectivity index (χ3v) is 4.23. The molecule has 92 valence electrons. The number of fused-ring (bicyclic) bond motifs is 2. The van der Waals surface area contributed by atoms with Gasteiger partial charge in [-0.15, -0.1) is 0 Å². The second kappa shape index (κ2) is 3.91. The molecule has 1 fully saturated rings.